The van der Waals surface area contributed by atoms with Crippen molar-refractivity contribution in [2.24, 2.45) is 0 Å². The van der Waals surface area contributed by atoms with Gasteiger partial charge in [0.25, 0.3) is 0 Å². The molecule has 0 aliphatic carbocycles. The number of aromatic hydroxyl groups is 1. The van der Waals surface area contributed by atoms with Gasteiger partial charge in [0.05, 0.1) is 29.7 Å². The zero-order valence-electron chi connectivity index (χ0n) is 68.6. The smallest absolute Gasteiger partial charge is 0.326 e. The lowest BCUT2D eigenvalue weighted by Gasteiger charge is -2.33. The number of amides is 10. The van der Waals surface area contributed by atoms with E-state index in [1.165, 1.54) is 28.0 Å². The fraction of sp³-hybridized carbons (Fsp3) is 0.568. The Kier molecular flexibility index (Phi) is 50.0. The Balaban J connectivity index is 1.43. The van der Waals surface area contributed by atoms with Gasteiger partial charge in [-0.2, -0.15) is 0 Å². The number of carbonyl (C=O) groups is 17. The summed E-state index contributed by atoms with van der Waals surface area (Å²) in [4.78, 5) is 225. The Morgan fingerprint density at radius 1 is 0.317 bits per heavy atom. The molecule has 3 aromatic rings. The molecule has 4 rings (SSSR count). The standard InChI is InChI=1S/C81H116I2N14O26/c82-55-27-24-52(25-28-55)17-14-23-67(101)86-36-12-8-18-58(77(115)116)89-74(112)57(87-69(103)48-94-37-39-95(49-71(106)107)41-43-97(51-73(110)111)44-42-96(40-38-94)50-72(108)109)29-32-68(102)88-62(47-54-26-31-64(98)56(83)45-54)75(113)91-63(46-53-15-4-3-5-16-53)76(114)90-59(78(117)118)19-9-11-34-84-65(99)21-6-1-2-7-22-66(100)85-35-13-10-20-60(79(119)120)92-81(123)93-61(80(121)122)30-33-70(104)105/h3-5,15-16,24-28,31,45,57-63,98H,1-2,6-14,17-23,29-30,32-44,46-51H2,(H,84,99)(H,85,100)(H,86,101)(H,87,103)(H,88,102)(H,89,112)(H,90,114)(H,91,113)(H,104,105)(H,106,107)(H,108,109)(H,110,111)(H,115,116)(H,117,118)(H,119,120)(H,121,122)(H2,92,93,123). The molecular formula is C81H116I2N14O26. The summed E-state index contributed by atoms with van der Waals surface area (Å²) < 4.78 is 1.43. The van der Waals surface area contributed by atoms with Crippen LogP contribution in [0.3, 0.4) is 0 Å². The summed E-state index contributed by atoms with van der Waals surface area (Å²) in [5.41, 5.74) is 2.01. The van der Waals surface area contributed by atoms with E-state index in [0.29, 0.717) is 72.5 Å². The van der Waals surface area contributed by atoms with Gasteiger partial charge in [-0.3, -0.25) is 77.1 Å². The van der Waals surface area contributed by atoms with Crippen molar-refractivity contribution in [2.45, 2.75) is 196 Å². The quantitative estimate of drug-likeness (QED) is 0.0281. The average Bonchev–Trinajstić information content (AvgIpc) is 0.843. The molecule has 40 nitrogen and oxygen atoms in total. The number of carboxylic acids is 8. The molecule has 1 heterocycles. The zero-order chi connectivity index (χ0) is 90.8. The van der Waals surface area contributed by atoms with E-state index in [1.54, 1.807) is 40.1 Å². The van der Waals surface area contributed by atoms with E-state index in [0.717, 1.165) is 9.13 Å². The second-order valence-corrected chi connectivity index (χ2v) is 32.3. The fourth-order valence-electron chi connectivity index (χ4n) is 13.1. The lowest BCUT2D eigenvalue weighted by Crippen LogP contribution is -2.57. The van der Waals surface area contributed by atoms with Crippen molar-refractivity contribution in [3.63, 3.8) is 0 Å². The predicted octanol–water partition coefficient (Wildman–Crippen LogP) is 1.53. The third kappa shape index (κ3) is 46.6. The average molecular weight is 1960 g/mol. The third-order valence-electron chi connectivity index (χ3n) is 19.9. The van der Waals surface area contributed by atoms with Crippen molar-refractivity contribution in [1.82, 2.24) is 72.8 Å². The van der Waals surface area contributed by atoms with Crippen LogP contribution in [0.5, 0.6) is 5.75 Å². The maximum Gasteiger partial charge on any atom is 0.326 e. The Labute approximate surface area is 738 Å². The molecule has 0 bridgehead atoms. The molecule has 1 aliphatic heterocycles. The molecule has 0 spiro atoms. The van der Waals surface area contributed by atoms with Crippen LogP contribution >= 0.6 is 45.2 Å². The molecule has 0 aromatic heterocycles. The number of nitrogens with one attached hydrogen (secondary N) is 10. The predicted molar refractivity (Wildman–Crippen MR) is 459 cm³/mol. The summed E-state index contributed by atoms with van der Waals surface area (Å²) >= 11 is 4.06. The Morgan fingerprint density at radius 3 is 1.11 bits per heavy atom. The van der Waals surface area contributed by atoms with Crippen LogP contribution in [0.2, 0.25) is 0 Å². The van der Waals surface area contributed by atoms with Gasteiger partial charge in [0, 0.05) is 121 Å². The van der Waals surface area contributed by atoms with Crippen molar-refractivity contribution >= 4 is 146 Å². The number of aryl methyl sites for hydroxylation is 1. The van der Waals surface area contributed by atoms with E-state index < -0.39 is 177 Å². The molecular weight excluding hydrogens is 1840 g/mol. The Bertz CT molecular complexity index is 3950. The molecule has 7 unspecified atom stereocenters. The van der Waals surface area contributed by atoms with Crippen LogP contribution in [-0.4, -0.2) is 307 Å². The highest BCUT2D eigenvalue weighted by Gasteiger charge is 2.34. The van der Waals surface area contributed by atoms with Gasteiger partial charge in [-0.1, -0.05) is 61.4 Å². The van der Waals surface area contributed by atoms with Gasteiger partial charge in [0.1, 0.15) is 48.0 Å². The van der Waals surface area contributed by atoms with Crippen molar-refractivity contribution < 1.29 is 127 Å². The number of nitrogens with zero attached hydrogens (tertiary/aromatic N) is 4. The maximum atomic E-state index is 14.8. The molecule has 10 amide bonds. The molecule has 3 aromatic carbocycles. The first-order valence-corrected chi connectivity index (χ1v) is 43.0. The number of rotatable bonds is 58. The minimum atomic E-state index is -1.67. The molecule has 1 aliphatic rings. The number of phenolic OH excluding ortho intramolecular Hbond substituents is 1. The number of unbranched alkanes of at least 4 members (excludes halogenated alkanes) is 6. The number of urea groups is 1. The van der Waals surface area contributed by atoms with Gasteiger partial charge in [-0.25, -0.2) is 24.0 Å². The zero-order valence-corrected chi connectivity index (χ0v) is 72.9. The van der Waals surface area contributed by atoms with Crippen molar-refractivity contribution in [2.75, 3.05) is 98.2 Å². The first kappa shape index (κ1) is 105. The summed E-state index contributed by atoms with van der Waals surface area (Å²) in [6.45, 7) is -0.954. The third-order valence-corrected chi connectivity index (χ3v) is 21.4. The van der Waals surface area contributed by atoms with E-state index in [9.17, 15) is 122 Å². The number of carboxylic acid groups (broad SMARTS) is 8. The molecule has 19 N–H and O–H groups in total. The van der Waals surface area contributed by atoms with Gasteiger partial charge in [0.15, 0.2) is 0 Å². The fourth-order valence-corrected chi connectivity index (χ4v) is 14.0. The first-order chi connectivity index (χ1) is 58.5. The molecule has 1 fully saturated rings. The van der Waals surface area contributed by atoms with E-state index in [1.807, 2.05) is 46.9 Å². The molecule has 7 atom stereocenters. The van der Waals surface area contributed by atoms with Crippen LogP contribution in [0.4, 0.5) is 4.79 Å². The highest BCUT2D eigenvalue weighted by molar-refractivity contribution is 14.1. The molecule has 0 saturated carbocycles. The summed E-state index contributed by atoms with van der Waals surface area (Å²) in [5.74, 6) is -16.0. The molecule has 42 heteroatoms. The largest absolute Gasteiger partial charge is 0.507 e. The van der Waals surface area contributed by atoms with Crippen LogP contribution in [-0.2, 0) is 96.0 Å². The number of benzene rings is 3. The van der Waals surface area contributed by atoms with Crippen LogP contribution < -0.4 is 53.2 Å². The number of hydrogen-bond acceptors (Lipinski definition) is 22. The van der Waals surface area contributed by atoms with Crippen molar-refractivity contribution in [3.05, 3.63) is 96.6 Å². The summed E-state index contributed by atoms with van der Waals surface area (Å²) in [5, 5.41) is 114. The molecule has 680 valence electrons. The van der Waals surface area contributed by atoms with E-state index in [4.69, 9.17) is 5.11 Å². The highest BCUT2D eigenvalue weighted by Crippen LogP contribution is 2.22. The number of phenols is 1. The van der Waals surface area contributed by atoms with Gasteiger partial charge in [-0.05, 0) is 182 Å². The molecule has 0 radical (unpaired) electrons. The normalized spacial score (nSPS) is 14.7. The number of carbonyl (C=O) groups excluding carboxylic acids is 9. The van der Waals surface area contributed by atoms with Crippen molar-refractivity contribution in [3.8, 4) is 5.75 Å². The number of hydrogen-bond donors (Lipinski definition) is 19. The minimum Gasteiger partial charge on any atom is -0.507 e. The summed E-state index contributed by atoms with van der Waals surface area (Å²) in [6, 6.07) is 8.86. The lowest BCUT2D eigenvalue weighted by molar-refractivity contribution is -0.143. The van der Waals surface area contributed by atoms with E-state index in [2.05, 4.69) is 75.8 Å². The van der Waals surface area contributed by atoms with E-state index >= 15 is 0 Å². The lowest BCUT2D eigenvalue weighted by atomic mass is 10.0. The SMILES string of the molecule is O=C(O)CCC(NC(=O)NC(CCCCNC(=O)CCCCCCC(=O)NCCCCC(NC(=O)C(Cc1ccccc1)NC(=O)C(Cc1ccc(O)c(I)c1)NC(=O)CCC(NC(=O)CN1CCN(CC(=O)O)CCN(CC(=O)O)CCN(CC(=O)O)CC1)C(=O)NC(CCCCNC(=O)CCCc1ccc(I)cc1)C(=O)O)C(=O)O)C(=O)O)C(=O)O. The van der Waals surface area contributed by atoms with Gasteiger partial charge in [-0.15, -0.1) is 0 Å². The Hall–Kier alpha value is -10.5. The van der Waals surface area contributed by atoms with Gasteiger partial charge < -0.3 is 99.1 Å². The summed E-state index contributed by atoms with van der Waals surface area (Å²) in [7, 11) is 0. The van der Waals surface area contributed by atoms with Crippen molar-refractivity contribution in [1.29, 1.82) is 0 Å². The minimum absolute atomic E-state index is 0.00801. The van der Waals surface area contributed by atoms with Gasteiger partial charge >= 0.3 is 53.8 Å². The van der Waals surface area contributed by atoms with Crippen LogP contribution in [0.15, 0.2) is 72.8 Å². The summed E-state index contributed by atoms with van der Waals surface area (Å²) in [6.07, 6.45) is 2.84. The van der Waals surface area contributed by atoms with E-state index in [-0.39, 0.29) is 166 Å². The monoisotopic (exact) mass is 1950 g/mol. The van der Waals surface area contributed by atoms with Crippen LogP contribution in [0.25, 0.3) is 0 Å². The topological polar surface area (TPSA) is 606 Å². The Morgan fingerprint density at radius 2 is 0.683 bits per heavy atom. The maximum absolute atomic E-state index is 14.8. The van der Waals surface area contributed by atoms with Crippen LogP contribution in [0.1, 0.15) is 152 Å². The molecule has 1 saturated heterocycles. The second-order valence-electron chi connectivity index (χ2n) is 29.9. The van der Waals surface area contributed by atoms with Crippen LogP contribution in [0, 0.1) is 7.14 Å². The number of aliphatic carboxylic acids is 8. The highest BCUT2D eigenvalue weighted by atomic mass is 127. The molecule has 123 heavy (non-hydrogen) atoms. The second kappa shape index (κ2) is 58.6. The first-order valence-electron chi connectivity index (χ1n) is 40.8. The van der Waals surface area contributed by atoms with Gasteiger partial charge in [0.2, 0.25) is 47.3 Å². The number of halogens is 2.